The van der Waals surface area contributed by atoms with Gasteiger partial charge in [0.1, 0.15) is 6.61 Å². The summed E-state index contributed by atoms with van der Waals surface area (Å²) in [5, 5.41) is 0. The molecule has 32 heavy (non-hydrogen) atoms. The van der Waals surface area contributed by atoms with Crippen molar-refractivity contribution in [3.05, 3.63) is 0 Å². The molecular formula is C18H31F5O9. The number of esters is 1. The lowest BCUT2D eigenvalue weighted by Crippen LogP contribution is -2.45. The highest BCUT2D eigenvalue weighted by Gasteiger charge is 2.64. The Bertz CT molecular complexity index is 453. The fourth-order valence-electron chi connectivity index (χ4n) is 1.74. The van der Waals surface area contributed by atoms with Gasteiger partial charge in [0.25, 0.3) is 0 Å². The van der Waals surface area contributed by atoms with Gasteiger partial charge in [-0.05, 0) is 0 Å². The zero-order valence-electron chi connectivity index (χ0n) is 18.0. The third-order valence-corrected chi connectivity index (χ3v) is 3.37. The van der Waals surface area contributed by atoms with Gasteiger partial charge < -0.3 is 37.9 Å². The Kier molecular flexibility index (Phi) is 18.6. The van der Waals surface area contributed by atoms with Crippen molar-refractivity contribution in [2.45, 2.75) is 12.1 Å². The highest BCUT2D eigenvalue weighted by Crippen LogP contribution is 2.36. The van der Waals surface area contributed by atoms with Crippen LogP contribution >= 0.6 is 0 Å². The second-order valence-electron chi connectivity index (χ2n) is 5.88. The Balaban J connectivity index is 3.27. The molecule has 0 aliphatic carbocycles. The molecule has 0 aromatic heterocycles. The van der Waals surface area contributed by atoms with E-state index < -0.39 is 24.7 Å². The second kappa shape index (κ2) is 19.3. The molecule has 0 amide bonds. The van der Waals surface area contributed by atoms with Crippen molar-refractivity contribution in [1.82, 2.24) is 0 Å². The molecule has 0 saturated heterocycles. The van der Waals surface area contributed by atoms with Crippen LogP contribution in [0.1, 0.15) is 0 Å². The summed E-state index contributed by atoms with van der Waals surface area (Å²) < 4.78 is 101. The minimum absolute atomic E-state index is 0.0355. The third kappa shape index (κ3) is 16.5. The number of alkyl halides is 5. The van der Waals surface area contributed by atoms with E-state index in [9.17, 15) is 26.7 Å². The number of methoxy groups -OCH3 is 1. The normalized spacial score (nSPS) is 12.3. The average Bonchev–Trinajstić information content (AvgIpc) is 2.73. The topological polar surface area (TPSA) is 90.9 Å². The lowest BCUT2D eigenvalue weighted by Gasteiger charge is -2.17. The summed E-state index contributed by atoms with van der Waals surface area (Å²) in [5.74, 6) is -8.21. The Morgan fingerprint density at radius 2 is 0.812 bits per heavy atom. The first-order valence-corrected chi connectivity index (χ1v) is 9.80. The predicted molar refractivity (Wildman–Crippen MR) is 98.8 cm³/mol. The van der Waals surface area contributed by atoms with Gasteiger partial charge in [-0.1, -0.05) is 0 Å². The lowest BCUT2D eigenvalue weighted by molar-refractivity contribution is -0.280. The molecule has 0 heterocycles. The Labute approximate surface area is 183 Å². The van der Waals surface area contributed by atoms with Crippen LogP contribution in [0.2, 0.25) is 0 Å². The average molecular weight is 486 g/mol. The van der Waals surface area contributed by atoms with Crippen LogP contribution in [0, 0.1) is 0 Å². The standard InChI is InChI=1S/C18H31F5O9/c1-25-2-3-26-4-5-27-6-7-28-8-9-29-10-11-30-12-13-31-14-15-32-16(24)17(19,20)18(21,22)23/h2-15H2,1H3. The Morgan fingerprint density at radius 1 is 0.531 bits per heavy atom. The van der Waals surface area contributed by atoms with Crippen molar-refractivity contribution in [3.8, 4) is 0 Å². The van der Waals surface area contributed by atoms with E-state index in [0.29, 0.717) is 59.5 Å². The first-order valence-electron chi connectivity index (χ1n) is 9.80. The number of halogens is 5. The van der Waals surface area contributed by atoms with Crippen LogP contribution in [0.25, 0.3) is 0 Å². The molecule has 0 N–H and O–H groups in total. The van der Waals surface area contributed by atoms with E-state index in [-0.39, 0.29) is 26.4 Å². The molecule has 0 saturated carbocycles. The summed E-state index contributed by atoms with van der Waals surface area (Å²) in [6.07, 6.45) is -6.00. The number of carbonyl (C=O) groups excluding carboxylic acids is 1. The van der Waals surface area contributed by atoms with Crippen LogP contribution < -0.4 is 0 Å². The molecule has 192 valence electrons. The van der Waals surface area contributed by atoms with E-state index in [1.165, 1.54) is 0 Å². The summed E-state index contributed by atoms with van der Waals surface area (Å²) in [7, 11) is 1.60. The quantitative estimate of drug-likeness (QED) is 0.128. The van der Waals surface area contributed by atoms with Crippen LogP contribution in [-0.2, 0) is 42.7 Å². The highest BCUT2D eigenvalue weighted by atomic mass is 19.4. The Hall–Kier alpha value is -1.16. The molecule has 14 heteroatoms. The molecule has 0 fully saturated rings. The van der Waals surface area contributed by atoms with Crippen LogP contribution in [0.3, 0.4) is 0 Å². The van der Waals surface area contributed by atoms with Crippen molar-refractivity contribution >= 4 is 5.97 Å². The van der Waals surface area contributed by atoms with Crippen LogP contribution in [0.15, 0.2) is 0 Å². The van der Waals surface area contributed by atoms with Gasteiger partial charge in [-0.2, -0.15) is 22.0 Å². The van der Waals surface area contributed by atoms with Crippen LogP contribution in [0.4, 0.5) is 22.0 Å². The van der Waals surface area contributed by atoms with Crippen molar-refractivity contribution in [2.24, 2.45) is 0 Å². The SMILES string of the molecule is COCCOCCOCCOCCOCCOCCOCCOC(=O)C(F)(F)C(F)(F)F. The second-order valence-corrected chi connectivity index (χ2v) is 5.88. The van der Waals surface area contributed by atoms with Gasteiger partial charge in [-0.25, -0.2) is 4.79 Å². The van der Waals surface area contributed by atoms with Crippen molar-refractivity contribution < 1.29 is 64.6 Å². The number of hydrogen-bond donors (Lipinski definition) is 0. The number of carbonyl (C=O) groups is 1. The van der Waals surface area contributed by atoms with Gasteiger partial charge >= 0.3 is 18.1 Å². The maximum Gasteiger partial charge on any atom is 0.465 e. The van der Waals surface area contributed by atoms with E-state index >= 15 is 0 Å². The Morgan fingerprint density at radius 3 is 1.09 bits per heavy atom. The van der Waals surface area contributed by atoms with Crippen LogP contribution in [-0.4, -0.2) is 118 Å². The van der Waals surface area contributed by atoms with Crippen LogP contribution in [0.5, 0.6) is 0 Å². The van der Waals surface area contributed by atoms with Gasteiger partial charge in [-0.15, -0.1) is 0 Å². The van der Waals surface area contributed by atoms with E-state index in [1.54, 1.807) is 7.11 Å². The monoisotopic (exact) mass is 486 g/mol. The molecule has 0 bridgehead atoms. The highest BCUT2D eigenvalue weighted by molar-refractivity contribution is 5.78. The maximum absolute atomic E-state index is 12.6. The lowest BCUT2D eigenvalue weighted by atomic mass is 10.3. The zero-order valence-corrected chi connectivity index (χ0v) is 18.0. The molecule has 0 rings (SSSR count). The van der Waals surface area contributed by atoms with Gasteiger partial charge in [0, 0.05) is 7.11 Å². The molecule has 0 aromatic rings. The summed E-state index contributed by atoms with van der Waals surface area (Å²) in [5.41, 5.74) is 0. The summed E-state index contributed by atoms with van der Waals surface area (Å²) in [4.78, 5) is 10.7. The minimum Gasteiger partial charge on any atom is -0.459 e. The molecule has 9 nitrogen and oxygen atoms in total. The largest absolute Gasteiger partial charge is 0.465 e. The summed E-state index contributed by atoms with van der Waals surface area (Å²) >= 11 is 0. The zero-order chi connectivity index (χ0) is 24.1. The van der Waals surface area contributed by atoms with Crippen molar-refractivity contribution in [3.63, 3.8) is 0 Å². The molecule has 0 radical (unpaired) electrons. The van der Waals surface area contributed by atoms with E-state index in [0.717, 1.165) is 0 Å². The number of ether oxygens (including phenoxy) is 8. The summed E-state index contributed by atoms with van der Waals surface area (Å²) in [6.45, 7) is 3.34. The molecular weight excluding hydrogens is 455 g/mol. The number of hydrogen-bond acceptors (Lipinski definition) is 9. The van der Waals surface area contributed by atoms with E-state index in [4.69, 9.17) is 33.2 Å². The molecule has 0 unspecified atom stereocenters. The third-order valence-electron chi connectivity index (χ3n) is 3.37. The van der Waals surface area contributed by atoms with Crippen molar-refractivity contribution in [2.75, 3.05) is 99.6 Å². The van der Waals surface area contributed by atoms with Gasteiger partial charge in [-0.3, -0.25) is 0 Å². The van der Waals surface area contributed by atoms with Gasteiger partial charge in [0.2, 0.25) is 0 Å². The molecule has 0 aliphatic rings. The molecule has 0 spiro atoms. The van der Waals surface area contributed by atoms with Gasteiger partial charge in [0.05, 0.1) is 85.9 Å². The molecule has 0 atom stereocenters. The minimum atomic E-state index is -6.00. The van der Waals surface area contributed by atoms with Crippen molar-refractivity contribution in [1.29, 1.82) is 0 Å². The van der Waals surface area contributed by atoms with E-state index in [2.05, 4.69) is 4.74 Å². The predicted octanol–water partition coefficient (Wildman–Crippen LogP) is 1.47. The molecule has 0 aromatic carbocycles. The summed E-state index contributed by atoms with van der Waals surface area (Å²) in [6, 6.07) is 0. The fraction of sp³-hybridized carbons (Fsp3) is 0.944. The fourth-order valence-corrected chi connectivity index (χ4v) is 1.74. The molecule has 0 aliphatic heterocycles. The van der Waals surface area contributed by atoms with Gasteiger partial charge in [0.15, 0.2) is 0 Å². The van der Waals surface area contributed by atoms with E-state index in [1.807, 2.05) is 0 Å². The first kappa shape index (κ1) is 30.8. The first-order chi connectivity index (χ1) is 15.2. The smallest absolute Gasteiger partial charge is 0.459 e. The maximum atomic E-state index is 12.6. The number of rotatable bonds is 22.